The van der Waals surface area contributed by atoms with Crippen LogP contribution in [0.5, 0.6) is 0 Å². The molecule has 0 bridgehead atoms. The van der Waals surface area contributed by atoms with Crippen molar-refractivity contribution in [2.45, 2.75) is 31.1 Å². The molecule has 2 amide bonds. The maximum Gasteiger partial charge on any atom is 0.317 e. The standard InChI is InChI=1S/C18H24N2O2/c21-16(20-10-8-17(13-20)9-11-22-14-17)19-12-18(6-7-18)15-4-2-1-3-5-15/h1-5H,6-14H2,(H,19,21). The number of amides is 2. The normalized spacial score (nSPS) is 29.0. The number of nitrogens with zero attached hydrogens (tertiary/aromatic N) is 1. The SMILES string of the molecule is O=C(NCC1(c2ccccc2)CC1)N1CCC2(CCOC2)C1. The molecule has 1 unspecified atom stereocenters. The third-order valence-corrected chi connectivity index (χ3v) is 5.73. The number of carbonyl (C=O) groups excluding carboxylic acids is 1. The van der Waals surface area contributed by atoms with Gasteiger partial charge in [-0.1, -0.05) is 30.3 Å². The van der Waals surface area contributed by atoms with E-state index in [1.165, 1.54) is 18.4 Å². The fraction of sp³-hybridized carbons (Fsp3) is 0.611. The Bertz CT molecular complexity index is 547. The van der Waals surface area contributed by atoms with E-state index in [4.69, 9.17) is 4.74 Å². The van der Waals surface area contributed by atoms with E-state index in [9.17, 15) is 4.79 Å². The number of rotatable bonds is 3. The number of hydrogen-bond acceptors (Lipinski definition) is 2. The second kappa shape index (κ2) is 5.27. The van der Waals surface area contributed by atoms with Gasteiger partial charge in [-0.2, -0.15) is 0 Å². The van der Waals surface area contributed by atoms with Crippen molar-refractivity contribution in [1.82, 2.24) is 10.2 Å². The number of ether oxygens (including phenoxy) is 1. The molecule has 1 aromatic rings. The molecule has 4 nitrogen and oxygen atoms in total. The smallest absolute Gasteiger partial charge is 0.317 e. The first kappa shape index (κ1) is 14.1. The van der Waals surface area contributed by atoms with E-state index >= 15 is 0 Å². The Morgan fingerprint density at radius 3 is 2.68 bits per heavy atom. The quantitative estimate of drug-likeness (QED) is 0.932. The van der Waals surface area contributed by atoms with E-state index in [2.05, 4.69) is 29.6 Å². The number of nitrogens with one attached hydrogen (secondary N) is 1. The summed E-state index contributed by atoms with van der Waals surface area (Å²) in [4.78, 5) is 14.4. The van der Waals surface area contributed by atoms with Crippen molar-refractivity contribution < 1.29 is 9.53 Å². The summed E-state index contributed by atoms with van der Waals surface area (Å²) >= 11 is 0. The Kier molecular flexibility index (Phi) is 3.37. The maximum atomic E-state index is 12.5. The van der Waals surface area contributed by atoms with Gasteiger partial charge in [0, 0.05) is 37.1 Å². The summed E-state index contributed by atoms with van der Waals surface area (Å²) < 4.78 is 5.53. The molecule has 4 rings (SSSR count). The second-order valence-corrected chi connectivity index (χ2v) is 7.28. The molecule has 1 spiro atoms. The Hall–Kier alpha value is -1.55. The topological polar surface area (TPSA) is 41.6 Å². The van der Waals surface area contributed by atoms with Gasteiger partial charge in [0.2, 0.25) is 0 Å². The van der Waals surface area contributed by atoms with Crippen LogP contribution in [0.25, 0.3) is 0 Å². The van der Waals surface area contributed by atoms with Gasteiger partial charge >= 0.3 is 6.03 Å². The lowest BCUT2D eigenvalue weighted by molar-refractivity contribution is 0.152. The van der Waals surface area contributed by atoms with E-state index < -0.39 is 0 Å². The summed E-state index contributed by atoms with van der Waals surface area (Å²) in [5.74, 6) is 0. The molecule has 1 atom stereocenters. The van der Waals surface area contributed by atoms with Crippen LogP contribution in [-0.4, -0.2) is 43.8 Å². The van der Waals surface area contributed by atoms with Crippen LogP contribution in [0.2, 0.25) is 0 Å². The van der Waals surface area contributed by atoms with Gasteiger partial charge in [-0.3, -0.25) is 0 Å². The molecular weight excluding hydrogens is 276 g/mol. The first-order chi connectivity index (χ1) is 10.7. The molecule has 0 aromatic heterocycles. The third-order valence-electron chi connectivity index (χ3n) is 5.73. The number of carbonyl (C=O) groups is 1. The van der Waals surface area contributed by atoms with Crippen LogP contribution >= 0.6 is 0 Å². The van der Waals surface area contributed by atoms with Crippen molar-refractivity contribution in [1.29, 1.82) is 0 Å². The highest BCUT2D eigenvalue weighted by molar-refractivity contribution is 5.74. The zero-order valence-electron chi connectivity index (χ0n) is 13.0. The Balaban J connectivity index is 1.34. The van der Waals surface area contributed by atoms with Crippen LogP contribution in [0.4, 0.5) is 4.79 Å². The summed E-state index contributed by atoms with van der Waals surface area (Å²) in [5, 5.41) is 3.18. The highest BCUT2D eigenvalue weighted by Crippen LogP contribution is 2.47. The summed E-state index contributed by atoms with van der Waals surface area (Å²) in [6.07, 6.45) is 4.54. The lowest BCUT2D eigenvalue weighted by Gasteiger charge is -2.23. The van der Waals surface area contributed by atoms with Gasteiger partial charge in [0.15, 0.2) is 0 Å². The predicted octanol–water partition coefficient (Wildman–Crippen LogP) is 2.54. The first-order valence-electron chi connectivity index (χ1n) is 8.38. The Labute approximate surface area is 131 Å². The average molecular weight is 300 g/mol. The van der Waals surface area contributed by atoms with Crippen molar-refractivity contribution in [3.8, 4) is 0 Å². The van der Waals surface area contributed by atoms with Crippen LogP contribution in [-0.2, 0) is 10.2 Å². The molecule has 2 heterocycles. The number of hydrogen-bond donors (Lipinski definition) is 1. The lowest BCUT2D eigenvalue weighted by Crippen LogP contribution is -2.42. The first-order valence-corrected chi connectivity index (χ1v) is 8.38. The lowest BCUT2D eigenvalue weighted by atomic mass is 9.87. The fourth-order valence-electron chi connectivity index (χ4n) is 3.95. The number of urea groups is 1. The summed E-state index contributed by atoms with van der Waals surface area (Å²) in [5.41, 5.74) is 1.79. The van der Waals surface area contributed by atoms with Crippen molar-refractivity contribution in [3.05, 3.63) is 35.9 Å². The molecule has 3 fully saturated rings. The largest absolute Gasteiger partial charge is 0.381 e. The molecule has 0 radical (unpaired) electrons. The predicted molar refractivity (Wildman–Crippen MR) is 84.8 cm³/mol. The Morgan fingerprint density at radius 2 is 2.00 bits per heavy atom. The van der Waals surface area contributed by atoms with Crippen molar-refractivity contribution in [3.63, 3.8) is 0 Å². The van der Waals surface area contributed by atoms with Crippen LogP contribution in [0.15, 0.2) is 30.3 Å². The van der Waals surface area contributed by atoms with Gasteiger partial charge in [0.05, 0.1) is 6.61 Å². The van der Waals surface area contributed by atoms with Crippen molar-refractivity contribution in [2.24, 2.45) is 5.41 Å². The van der Waals surface area contributed by atoms with E-state index in [0.29, 0.717) is 0 Å². The zero-order valence-corrected chi connectivity index (χ0v) is 13.0. The van der Waals surface area contributed by atoms with E-state index in [0.717, 1.165) is 45.7 Å². The minimum atomic E-state index is 0.103. The minimum absolute atomic E-state index is 0.103. The summed E-state index contributed by atoms with van der Waals surface area (Å²) in [6, 6.07) is 10.7. The van der Waals surface area contributed by atoms with Gasteiger partial charge in [0.1, 0.15) is 0 Å². The van der Waals surface area contributed by atoms with Gasteiger partial charge < -0.3 is 15.0 Å². The number of benzene rings is 1. The zero-order chi connectivity index (χ0) is 15.0. The van der Waals surface area contributed by atoms with Crippen molar-refractivity contribution >= 4 is 6.03 Å². The minimum Gasteiger partial charge on any atom is -0.381 e. The molecule has 118 valence electrons. The second-order valence-electron chi connectivity index (χ2n) is 7.28. The highest BCUT2D eigenvalue weighted by atomic mass is 16.5. The molecule has 1 N–H and O–H groups in total. The molecule has 3 aliphatic rings. The Morgan fingerprint density at radius 1 is 1.18 bits per heavy atom. The molecule has 1 aliphatic carbocycles. The number of likely N-dealkylation sites (tertiary alicyclic amines) is 1. The molecule has 22 heavy (non-hydrogen) atoms. The van der Waals surface area contributed by atoms with Gasteiger partial charge in [0.25, 0.3) is 0 Å². The van der Waals surface area contributed by atoms with E-state index in [-0.39, 0.29) is 16.9 Å². The van der Waals surface area contributed by atoms with Gasteiger partial charge in [-0.05, 0) is 31.2 Å². The molecule has 2 saturated heterocycles. The molecule has 1 aromatic carbocycles. The highest BCUT2D eigenvalue weighted by Gasteiger charge is 2.46. The van der Waals surface area contributed by atoms with Crippen LogP contribution in [0.3, 0.4) is 0 Å². The summed E-state index contributed by atoms with van der Waals surface area (Å²) in [7, 11) is 0. The van der Waals surface area contributed by atoms with Crippen LogP contribution < -0.4 is 5.32 Å². The maximum absolute atomic E-state index is 12.5. The van der Waals surface area contributed by atoms with Crippen LogP contribution in [0, 0.1) is 5.41 Å². The molecule has 1 saturated carbocycles. The third kappa shape index (κ3) is 2.50. The average Bonchev–Trinajstić information content (AvgIpc) is 3.02. The monoisotopic (exact) mass is 300 g/mol. The van der Waals surface area contributed by atoms with Crippen molar-refractivity contribution in [2.75, 3.05) is 32.8 Å². The van der Waals surface area contributed by atoms with Gasteiger partial charge in [-0.25, -0.2) is 4.79 Å². The summed E-state index contributed by atoms with van der Waals surface area (Å²) in [6.45, 7) is 4.16. The van der Waals surface area contributed by atoms with Gasteiger partial charge in [-0.15, -0.1) is 0 Å². The van der Waals surface area contributed by atoms with E-state index in [1.54, 1.807) is 0 Å². The molecule has 4 heteroatoms. The molecular formula is C18H24N2O2. The molecule has 2 aliphatic heterocycles. The fourth-order valence-corrected chi connectivity index (χ4v) is 3.95. The van der Waals surface area contributed by atoms with E-state index in [1.807, 2.05) is 11.0 Å². The van der Waals surface area contributed by atoms with Crippen LogP contribution in [0.1, 0.15) is 31.2 Å².